The van der Waals surface area contributed by atoms with Crippen LogP contribution in [-0.4, -0.2) is 5.78 Å². The molecule has 1 unspecified atom stereocenters. The zero-order valence-corrected chi connectivity index (χ0v) is 10.8. The van der Waals surface area contributed by atoms with Crippen LogP contribution in [0.25, 0.3) is 0 Å². The molecule has 0 aromatic heterocycles. The van der Waals surface area contributed by atoms with Gasteiger partial charge in [0.1, 0.15) is 11.6 Å². The number of hydrogen-bond acceptors (Lipinski definition) is 2. The molecule has 0 aliphatic rings. The van der Waals surface area contributed by atoms with Gasteiger partial charge in [-0.25, -0.2) is 4.39 Å². The fraction of sp³-hybridized carbons (Fsp3) is 0.188. The molecule has 0 heterocycles. The van der Waals surface area contributed by atoms with Crippen molar-refractivity contribution in [3.05, 3.63) is 65.5 Å². The predicted molar refractivity (Wildman–Crippen MR) is 74.4 cm³/mol. The second kappa shape index (κ2) is 5.65. The van der Waals surface area contributed by atoms with Gasteiger partial charge in [-0.2, -0.15) is 0 Å². The lowest BCUT2D eigenvalue weighted by Crippen LogP contribution is -2.06. The minimum atomic E-state index is -0.275. The van der Waals surface area contributed by atoms with E-state index in [-0.39, 0.29) is 17.5 Å². The van der Waals surface area contributed by atoms with Gasteiger partial charge in [0.2, 0.25) is 0 Å². The van der Waals surface area contributed by atoms with Crippen LogP contribution in [0, 0.1) is 5.82 Å². The van der Waals surface area contributed by atoms with Gasteiger partial charge in [0.15, 0.2) is 0 Å². The smallest absolute Gasteiger partial charge is 0.130 e. The number of ketones is 1. The van der Waals surface area contributed by atoms with Crippen LogP contribution in [-0.2, 0) is 4.79 Å². The van der Waals surface area contributed by atoms with Crippen LogP contribution in [0.1, 0.15) is 30.4 Å². The molecule has 19 heavy (non-hydrogen) atoms. The molecule has 2 N–H and O–H groups in total. The lowest BCUT2D eigenvalue weighted by Gasteiger charge is -2.17. The maximum Gasteiger partial charge on any atom is 0.130 e. The molecule has 3 heteroatoms. The zero-order valence-electron chi connectivity index (χ0n) is 10.8. The molecule has 0 spiro atoms. The SMILES string of the molecule is CC(=O)CC(c1ccc(N)cc1)c1ccc(F)cc1. The second-order valence-electron chi connectivity index (χ2n) is 4.68. The monoisotopic (exact) mass is 257 g/mol. The highest BCUT2D eigenvalue weighted by molar-refractivity contribution is 5.77. The maximum absolute atomic E-state index is 13.0. The van der Waals surface area contributed by atoms with Crippen LogP contribution < -0.4 is 5.73 Å². The highest BCUT2D eigenvalue weighted by Gasteiger charge is 2.16. The Morgan fingerprint density at radius 3 is 2.00 bits per heavy atom. The van der Waals surface area contributed by atoms with E-state index in [1.165, 1.54) is 12.1 Å². The van der Waals surface area contributed by atoms with Crippen molar-refractivity contribution in [1.29, 1.82) is 0 Å². The van der Waals surface area contributed by atoms with Gasteiger partial charge >= 0.3 is 0 Å². The van der Waals surface area contributed by atoms with E-state index in [0.29, 0.717) is 12.1 Å². The first-order valence-electron chi connectivity index (χ1n) is 6.16. The van der Waals surface area contributed by atoms with E-state index < -0.39 is 0 Å². The number of benzene rings is 2. The van der Waals surface area contributed by atoms with Crippen LogP contribution in [0.5, 0.6) is 0 Å². The Kier molecular flexibility index (Phi) is 3.95. The van der Waals surface area contributed by atoms with E-state index in [0.717, 1.165) is 11.1 Å². The fourth-order valence-electron chi connectivity index (χ4n) is 2.14. The summed E-state index contributed by atoms with van der Waals surface area (Å²) >= 11 is 0. The van der Waals surface area contributed by atoms with E-state index in [1.54, 1.807) is 19.1 Å². The topological polar surface area (TPSA) is 43.1 Å². The summed E-state index contributed by atoms with van der Waals surface area (Å²) in [5.41, 5.74) is 8.30. The van der Waals surface area contributed by atoms with Crippen molar-refractivity contribution >= 4 is 11.5 Å². The molecule has 1 atom stereocenters. The molecule has 0 radical (unpaired) electrons. The quantitative estimate of drug-likeness (QED) is 0.851. The number of nitrogens with two attached hydrogens (primary N) is 1. The molecule has 98 valence electrons. The van der Waals surface area contributed by atoms with Crippen LogP contribution in [0.2, 0.25) is 0 Å². The van der Waals surface area contributed by atoms with Crippen molar-refractivity contribution in [2.45, 2.75) is 19.3 Å². The number of hydrogen-bond donors (Lipinski definition) is 1. The summed E-state index contributed by atoms with van der Waals surface area (Å²) in [6.45, 7) is 1.56. The summed E-state index contributed by atoms with van der Waals surface area (Å²) in [4.78, 5) is 11.4. The van der Waals surface area contributed by atoms with E-state index in [2.05, 4.69) is 0 Å². The van der Waals surface area contributed by atoms with E-state index in [4.69, 9.17) is 5.73 Å². The van der Waals surface area contributed by atoms with Crippen LogP contribution in [0.15, 0.2) is 48.5 Å². The van der Waals surface area contributed by atoms with Gasteiger partial charge in [-0.05, 0) is 42.3 Å². The number of anilines is 1. The summed E-state index contributed by atoms with van der Waals surface area (Å²) < 4.78 is 13.0. The highest BCUT2D eigenvalue weighted by Crippen LogP contribution is 2.29. The van der Waals surface area contributed by atoms with Crippen molar-refractivity contribution in [1.82, 2.24) is 0 Å². The van der Waals surface area contributed by atoms with Crippen molar-refractivity contribution in [3.63, 3.8) is 0 Å². The van der Waals surface area contributed by atoms with Gasteiger partial charge in [0.25, 0.3) is 0 Å². The largest absolute Gasteiger partial charge is 0.399 e. The molecule has 2 nitrogen and oxygen atoms in total. The number of nitrogen functional groups attached to an aromatic ring is 1. The lowest BCUT2D eigenvalue weighted by atomic mass is 9.87. The minimum absolute atomic E-state index is 0.0568. The van der Waals surface area contributed by atoms with Crippen molar-refractivity contribution in [2.75, 3.05) is 5.73 Å². The number of halogens is 1. The summed E-state index contributed by atoms with van der Waals surface area (Å²) in [7, 11) is 0. The number of carbonyl (C=O) groups excluding carboxylic acids is 1. The Morgan fingerprint density at radius 1 is 1.05 bits per heavy atom. The van der Waals surface area contributed by atoms with E-state index in [9.17, 15) is 9.18 Å². The Labute approximate surface area is 112 Å². The van der Waals surface area contributed by atoms with Crippen molar-refractivity contribution < 1.29 is 9.18 Å². The zero-order chi connectivity index (χ0) is 13.8. The summed E-state index contributed by atoms with van der Waals surface area (Å²) in [5.74, 6) is -0.229. The Balaban J connectivity index is 2.37. The van der Waals surface area contributed by atoms with E-state index in [1.807, 2.05) is 24.3 Å². The lowest BCUT2D eigenvalue weighted by molar-refractivity contribution is -0.117. The molecule has 2 aromatic rings. The first-order valence-corrected chi connectivity index (χ1v) is 6.16. The van der Waals surface area contributed by atoms with Crippen LogP contribution in [0.3, 0.4) is 0 Å². The standard InChI is InChI=1S/C16H16FNO/c1-11(19)10-16(12-2-6-14(17)7-3-12)13-4-8-15(18)9-5-13/h2-9,16H,10,18H2,1H3. The Hall–Kier alpha value is -2.16. The van der Waals surface area contributed by atoms with Crippen molar-refractivity contribution in [3.8, 4) is 0 Å². The first kappa shape index (κ1) is 13.3. The first-order chi connectivity index (χ1) is 9.06. The molecule has 0 fully saturated rings. The minimum Gasteiger partial charge on any atom is -0.399 e. The molecule has 2 aromatic carbocycles. The fourth-order valence-corrected chi connectivity index (χ4v) is 2.14. The number of carbonyl (C=O) groups is 1. The molecule has 0 saturated carbocycles. The molecular weight excluding hydrogens is 241 g/mol. The second-order valence-corrected chi connectivity index (χ2v) is 4.68. The van der Waals surface area contributed by atoms with Gasteiger partial charge in [-0.1, -0.05) is 24.3 Å². The molecule has 0 amide bonds. The molecular formula is C16H16FNO. The van der Waals surface area contributed by atoms with Gasteiger partial charge in [-0.3, -0.25) is 4.79 Å². The Bertz CT molecular complexity index is 515. The van der Waals surface area contributed by atoms with Gasteiger partial charge in [0.05, 0.1) is 0 Å². The highest BCUT2D eigenvalue weighted by atomic mass is 19.1. The van der Waals surface area contributed by atoms with Gasteiger partial charge < -0.3 is 5.73 Å². The number of rotatable bonds is 4. The Morgan fingerprint density at radius 2 is 1.53 bits per heavy atom. The van der Waals surface area contributed by atoms with Gasteiger partial charge in [0, 0.05) is 18.0 Å². The number of Topliss-reactive ketones (excluding diaryl/α,β-unsaturated/α-hetero) is 1. The summed E-state index contributed by atoms with van der Waals surface area (Å²) in [5, 5.41) is 0. The third kappa shape index (κ3) is 3.41. The van der Waals surface area contributed by atoms with Crippen molar-refractivity contribution in [2.24, 2.45) is 0 Å². The normalized spacial score (nSPS) is 12.1. The van der Waals surface area contributed by atoms with E-state index >= 15 is 0 Å². The third-order valence-corrected chi connectivity index (χ3v) is 3.10. The predicted octanol–water partition coefficient (Wildman–Crippen LogP) is 3.52. The van der Waals surface area contributed by atoms with Crippen LogP contribution >= 0.6 is 0 Å². The molecule has 0 bridgehead atoms. The summed E-state index contributed by atoms with van der Waals surface area (Å²) in [6.07, 6.45) is 0.398. The molecule has 2 rings (SSSR count). The summed E-state index contributed by atoms with van der Waals surface area (Å²) in [6, 6.07) is 13.7. The molecule has 0 aliphatic heterocycles. The van der Waals surface area contributed by atoms with Gasteiger partial charge in [-0.15, -0.1) is 0 Å². The maximum atomic E-state index is 13.0. The average Bonchev–Trinajstić information content (AvgIpc) is 2.38. The third-order valence-electron chi connectivity index (χ3n) is 3.10. The molecule has 0 aliphatic carbocycles. The molecule has 0 saturated heterocycles. The van der Waals surface area contributed by atoms with Crippen LogP contribution in [0.4, 0.5) is 10.1 Å². The average molecular weight is 257 g/mol.